The summed E-state index contributed by atoms with van der Waals surface area (Å²) in [6, 6.07) is 0. The number of phosphoric acid groups is 1. The fraction of sp³-hybridized carbons (Fsp3) is 0.744. The molecule has 0 aliphatic rings. The fourth-order valence-corrected chi connectivity index (χ4v) is 5.40. The maximum absolute atomic E-state index is 12.4. The molecule has 3 atom stereocenters. The van der Waals surface area contributed by atoms with Crippen LogP contribution in [0.1, 0.15) is 149 Å². The van der Waals surface area contributed by atoms with Crippen LogP contribution >= 0.6 is 7.82 Å². The second kappa shape index (κ2) is 32.8. The van der Waals surface area contributed by atoms with Crippen LogP contribution in [-0.4, -0.2) is 63.5 Å². The van der Waals surface area contributed by atoms with Gasteiger partial charge in [0.15, 0.2) is 6.10 Å². The second-order valence-corrected chi connectivity index (χ2v) is 14.7. The summed E-state index contributed by atoms with van der Waals surface area (Å²) in [4.78, 5) is 42.7. The first-order valence-electron chi connectivity index (χ1n) is 19.0. The molecule has 0 amide bonds. The van der Waals surface area contributed by atoms with Gasteiger partial charge in [-0.15, -0.1) is 0 Å². The van der Waals surface area contributed by atoms with Crippen LogP contribution in [0.3, 0.4) is 0 Å². The van der Waals surface area contributed by atoms with Gasteiger partial charge in [0.25, 0.3) is 0 Å². The number of phosphoric ester groups is 1. The molecule has 0 fully saturated rings. The van der Waals surface area contributed by atoms with Gasteiger partial charge in [-0.25, -0.2) is 4.57 Å². The van der Waals surface area contributed by atoms with Crippen molar-refractivity contribution in [2.24, 2.45) is 5.92 Å². The van der Waals surface area contributed by atoms with Crippen molar-refractivity contribution < 1.29 is 48.2 Å². The number of hydrogen-bond donors (Lipinski definition) is 4. The average molecular weight is 729 g/mol. The Morgan fingerprint density at radius 1 is 0.660 bits per heavy atom. The van der Waals surface area contributed by atoms with Crippen LogP contribution < -0.4 is 0 Å². The Hall–Kier alpha value is -2.07. The largest absolute Gasteiger partial charge is 0.469 e. The maximum atomic E-state index is 12.4. The normalized spacial score (nSPS) is 14.4. The maximum Gasteiger partial charge on any atom is 0.469 e. The Morgan fingerprint density at radius 2 is 1.24 bits per heavy atom. The summed E-state index contributed by atoms with van der Waals surface area (Å²) in [5.74, 6) is -0.344. The number of carbonyl (C=O) groups excluding carboxylic acids is 2. The fourth-order valence-electron chi connectivity index (χ4n) is 5.04. The van der Waals surface area contributed by atoms with E-state index in [1.807, 2.05) is 6.08 Å². The van der Waals surface area contributed by atoms with Gasteiger partial charge in [0.2, 0.25) is 0 Å². The SMILES string of the molecule is CCCCC/C=C\C[C@H](O)/C=C/C=C/C=C\[C@H](O)CCCC(=O)O[C@H](COC(=O)CCCCCCCCCCCCC(C)C)COP(=O)(O)O. The zero-order chi connectivity index (χ0) is 37.3. The van der Waals surface area contributed by atoms with Crippen molar-refractivity contribution in [3.05, 3.63) is 48.6 Å². The van der Waals surface area contributed by atoms with Crippen molar-refractivity contribution in [1.29, 1.82) is 0 Å². The molecule has 0 radical (unpaired) electrons. The summed E-state index contributed by atoms with van der Waals surface area (Å²) < 4.78 is 26.1. The number of ether oxygens (including phenoxy) is 2. The molecule has 0 aliphatic carbocycles. The summed E-state index contributed by atoms with van der Waals surface area (Å²) in [5.41, 5.74) is 0. The monoisotopic (exact) mass is 728 g/mol. The Balaban J connectivity index is 4.27. The van der Waals surface area contributed by atoms with E-state index in [9.17, 15) is 24.4 Å². The minimum Gasteiger partial charge on any atom is -0.462 e. The standard InChI is InChI=1S/C39H69O10P/c1-4-5-6-7-15-20-26-35(40)27-21-17-18-22-28-36(41)29-24-31-39(43)49-37(33-48-50(44,45)46)32-47-38(42)30-23-16-13-11-9-8-10-12-14-19-25-34(2)3/h15,17-18,20-22,27-28,34-37,40-41H,4-14,16,19,23-26,29-33H2,1-3H3,(H2,44,45,46)/b18-17+,20-15-,27-21+,28-22-/t35-,36-,37+/m0/s1. The topological polar surface area (TPSA) is 160 Å². The van der Waals surface area contributed by atoms with Crippen molar-refractivity contribution >= 4 is 19.8 Å². The smallest absolute Gasteiger partial charge is 0.462 e. The minimum atomic E-state index is -4.82. The molecule has 0 saturated carbocycles. The van der Waals surface area contributed by atoms with Crippen LogP contribution in [0.4, 0.5) is 0 Å². The molecule has 0 aromatic rings. The molecule has 0 bridgehead atoms. The Labute approximate surface area is 302 Å². The van der Waals surface area contributed by atoms with Crippen molar-refractivity contribution in [1.82, 2.24) is 0 Å². The van der Waals surface area contributed by atoms with Crippen molar-refractivity contribution in [3.8, 4) is 0 Å². The zero-order valence-corrected chi connectivity index (χ0v) is 32.1. The predicted octanol–water partition coefficient (Wildman–Crippen LogP) is 8.98. The van der Waals surface area contributed by atoms with Gasteiger partial charge >= 0.3 is 19.8 Å². The number of rotatable bonds is 33. The van der Waals surface area contributed by atoms with E-state index in [-0.39, 0.29) is 25.9 Å². The van der Waals surface area contributed by atoms with E-state index in [2.05, 4.69) is 31.4 Å². The molecule has 0 unspecified atom stereocenters. The highest BCUT2D eigenvalue weighted by Gasteiger charge is 2.23. The quantitative estimate of drug-likeness (QED) is 0.0169. The summed E-state index contributed by atoms with van der Waals surface area (Å²) in [5, 5.41) is 20.2. The number of allylic oxidation sites excluding steroid dienone is 5. The third-order valence-electron chi connectivity index (χ3n) is 7.97. The van der Waals surface area contributed by atoms with E-state index < -0.39 is 44.7 Å². The number of unbranched alkanes of at least 4 members (excludes halogenated alkanes) is 12. The summed E-state index contributed by atoms with van der Waals surface area (Å²) in [6.45, 7) is 5.70. The second-order valence-electron chi connectivity index (χ2n) is 13.4. The van der Waals surface area contributed by atoms with Gasteiger partial charge < -0.3 is 29.5 Å². The molecule has 4 N–H and O–H groups in total. The number of carbonyl (C=O) groups is 2. The van der Waals surface area contributed by atoms with E-state index >= 15 is 0 Å². The van der Waals surface area contributed by atoms with Gasteiger partial charge in [-0.05, 0) is 44.4 Å². The summed E-state index contributed by atoms with van der Waals surface area (Å²) in [6.07, 6.45) is 30.4. The van der Waals surface area contributed by atoms with Gasteiger partial charge in [-0.3, -0.25) is 14.1 Å². The molecule has 0 aromatic carbocycles. The minimum absolute atomic E-state index is 0.0487. The van der Waals surface area contributed by atoms with Gasteiger partial charge in [0.1, 0.15) is 6.61 Å². The molecule has 0 aliphatic heterocycles. The van der Waals surface area contributed by atoms with Gasteiger partial charge in [-0.2, -0.15) is 0 Å². The zero-order valence-electron chi connectivity index (χ0n) is 31.2. The molecule has 50 heavy (non-hydrogen) atoms. The molecule has 0 aromatic heterocycles. The van der Waals surface area contributed by atoms with E-state index in [1.165, 1.54) is 64.2 Å². The van der Waals surface area contributed by atoms with Crippen LogP contribution in [-0.2, 0) is 28.2 Å². The van der Waals surface area contributed by atoms with E-state index in [0.717, 1.165) is 31.6 Å². The molecule has 0 spiro atoms. The average Bonchev–Trinajstić information content (AvgIpc) is 3.05. The number of aliphatic hydroxyl groups excluding tert-OH is 2. The van der Waals surface area contributed by atoms with Crippen molar-refractivity contribution in [2.75, 3.05) is 13.2 Å². The highest BCUT2D eigenvalue weighted by Crippen LogP contribution is 2.36. The highest BCUT2D eigenvalue weighted by molar-refractivity contribution is 7.46. The van der Waals surface area contributed by atoms with Crippen LogP contribution in [0.5, 0.6) is 0 Å². The molecule has 11 heteroatoms. The number of hydrogen-bond acceptors (Lipinski definition) is 8. The lowest BCUT2D eigenvalue weighted by Gasteiger charge is -2.18. The van der Waals surface area contributed by atoms with E-state index in [1.54, 1.807) is 36.5 Å². The Morgan fingerprint density at radius 3 is 1.84 bits per heavy atom. The highest BCUT2D eigenvalue weighted by atomic mass is 31.2. The molecule has 0 rings (SSSR count). The predicted molar refractivity (Wildman–Crippen MR) is 200 cm³/mol. The molecular formula is C39H69O10P. The van der Waals surface area contributed by atoms with Crippen LogP contribution in [0, 0.1) is 5.92 Å². The summed E-state index contributed by atoms with van der Waals surface area (Å²) >= 11 is 0. The Kier molecular flexibility index (Phi) is 31.5. The van der Waals surface area contributed by atoms with Gasteiger partial charge in [-0.1, -0.05) is 146 Å². The lowest BCUT2D eigenvalue weighted by Crippen LogP contribution is -2.29. The molecule has 10 nitrogen and oxygen atoms in total. The van der Waals surface area contributed by atoms with Gasteiger partial charge in [0, 0.05) is 12.8 Å². The van der Waals surface area contributed by atoms with Crippen LogP contribution in [0.15, 0.2) is 48.6 Å². The van der Waals surface area contributed by atoms with E-state index in [0.29, 0.717) is 19.3 Å². The summed E-state index contributed by atoms with van der Waals surface area (Å²) in [7, 11) is -4.82. The lowest BCUT2D eigenvalue weighted by atomic mass is 10.0. The molecule has 0 saturated heterocycles. The van der Waals surface area contributed by atoms with Crippen molar-refractivity contribution in [3.63, 3.8) is 0 Å². The Bertz CT molecular complexity index is 1000. The first-order valence-corrected chi connectivity index (χ1v) is 20.5. The number of esters is 2. The lowest BCUT2D eigenvalue weighted by molar-refractivity contribution is -0.161. The molecule has 290 valence electrons. The van der Waals surface area contributed by atoms with Gasteiger partial charge in [0.05, 0.1) is 18.8 Å². The number of aliphatic hydroxyl groups is 2. The molecular weight excluding hydrogens is 659 g/mol. The van der Waals surface area contributed by atoms with Crippen molar-refractivity contribution in [2.45, 2.75) is 167 Å². The first-order chi connectivity index (χ1) is 23.9. The third-order valence-corrected chi connectivity index (χ3v) is 8.45. The first kappa shape index (κ1) is 47.9. The van der Waals surface area contributed by atoms with E-state index in [4.69, 9.17) is 19.3 Å². The molecule has 0 heterocycles. The third kappa shape index (κ3) is 35.7. The van der Waals surface area contributed by atoms with Crippen LogP contribution in [0.2, 0.25) is 0 Å². The van der Waals surface area contributed by atoms with Crippen LogP contribution in [0.25, 0.3) is 0 Å².